The topological polar surface area (TPSA) is 34.9 Å². The Morgan fingerprint density at radius 3 is 2.69 bits per heavy atom. The summed E-state index contributed by atoms with van der Waals surface area (Å²) in [6.45, 7) is 1.98. The van der Waals surface area contributed by atoms with Crippen LogP contribution in [0.4, 0.5) is 17.6 Å². The molecule has 0 saturated carbocycles. The second-order valence-electron chi connectivity index (χ2n) is 3.19. The molecule has 3 nitrogen and oxygen atoms in total. The Morgan fingerprint density at radius 2 is 2.19 bits per heavy atom. The number of aryl methyl sites for hydroxylation is 1. The van der Waals surface area contributed by atoms with Crippen molar-refractivity contribution in [1.29, 1.82) is 0 Å². The number of aromatic nitrogens is 2. The number of Topliss-reactive ketones (excluding diaryl/α,β-unsaturated/α-hetero) is 1. The van der Waals surface area contributed by atoms with Crippen LogP contribution in [0.25, 0.3) is 0 Å². The minimum atomic E-state index is -4.66. The average molecular weight is 238 g/mol. The van der Waals surface area contributed by atoms with Gasteiger partial charge in [0.25, 0.3) is 5.78 Å². The van der Waals surface area contributed by atoms with Crippen molar-refractivity contribution in [3.05, 3.63) is 18.0 Å². The monoisotopic (exact) mass is 238 g/mol. The highest BCUT2D eigenvalue weighted by Gasteiger charge is 2.50. The van der Waals surface area contributed by atoms with Crippen LogP contribution in [0.5, 0.6) is 0 Å². The summed E-state index contributed by atoms with van der Waals surface area (Å²) in [4.78, 5) is 11.2. The summed E-state index contributed by atoms with van der Waals surface area (Å²) in [6.07, 6.45) is -2.32. The van der Waals surface area contributed by atoms with Crippen molar-refractivity contribution < 1.29 is 22.4 Å². The number of rotatable bonds is 5. The van der Waals surface area contributed by atoms with E-state index in [9.17, 15) is 22.4 Å². The van der Waals surface area contributed by atoms with Crippen molar-refractivity contribution in [3.63, 3.8) is 0 Å². The number of ketones is 1. The van der Waals surface area contributed by atoms with E-state index < -0.39 is 23.8 Å². The molecule has 0 spiro atoms. The fourth-order valence-corrected chi connectivity index (χ4v) is 1.19. The normalized spacial score (nSPS) is 12.1. The molecule has 0 atom stereocenters. The molecule has 1 aromatic rings. The van der Waals surface area contributed by atoms with E-state index in [1.807, 2.05) is 0 Å². The number of carbonyl (C=O) groups excluding carboxylic acids is 1. The number of alkyl halides is 4. The summed E-state index contributed by atoms with van der Waals surface area (Å²) in [5.41, 5.74) is -0.493. The quantitative estimate of drug-likeness (QED) is 0.583. The van der Waals surface area contributed by atoms with Crippen LogP contribution in [0, 0.1) is 0 Å². The molecular formula is C9H10F4N2O. The van der Waals surface area contributed by atoms with Gasteiger partial charge in [0.15, 0.2) is 0 Å². The molecule has 0 aromatic carbocycles. The van der Waals surface area contributed by atoms with Crippen molar-refractivity contribution in [2.75, 3.05) is 0 Å². The maximum Gasteiger partial charge on any atom is 0.370 e. The van der Waals surface area contributed by atoms with Crippen molar-refractivity contribution in [2.45, 2.75) is 32.2 Å². The molecule has 1 rings (SSSR count). The number of hydrogen-bond donors (Lipinski definition) is 0. The zero-order chi connectivity index (χ0) is 12.3. The Balaban J connectivity index is 3.00. The summed E-state index contributed by atoms with van der Waals surface area (Å²) in [6, 6.07) is 1.01. The highest BCUT2D eigenvalue weighted by atomic mass is 19.3. The fraction of sp³-hybridized carbons (Fsp3) is 0.556. The molecule has 0 aliphatic heterocycles. The molecule has 16 heavy (non-hydrogen) atoms. The van der Waals surface area contributed by atoms with Crippen LogP contribution >= 0.6 is 0 Å². The molecule has 0 aliphatic rings. The minimum absolute atomic E-state index is 0.230. The Labute approximate surface area is 89.1 Å². The van der Waals surface area contributed by atoms with Gasteiger partial charge < -0.3 is 0 Å². The van der Waals surface area contributed by atoms with E-state index in [-0.39, 0.29) is 6.54 Å². The summed E-state index contributed by atoms with van der Waals surface area (Å²) in [7, 11) is 0. The van der Waals surface area contributed by atoms with Crippen molar-refractivity contribution in [1.82, 2.24) is 9.78 Å². The molecule has 0 aliphatic carbocycles. The summed E-state index contributed by atoms with van der Waals surface area (Å²) in [5, 5.41) is 3.62. The maximum atomic E-state index is 12.8. The van der Waals surface area contributed by atoms with E-state index in [1.165, 1.54) is 0 Å². The van der Waals surface area contributed by atoms with Crippen LogP contribution in [0.15, 0.2) is 12.3 Å². The Morgan fingerprint density at radius 1 is 1.56 bits per heavy atom. The van der Waals surface area contributed by atoms with Gasteiger partial charge in [0.2, 0.25) is 0 Å². The maximum absolute atomic E-state index is 12.8. The standard InChI is InChI=1S/C9H10F4N2O/c1-2-5-15-6(3-4-14-15)7(16)9(12,13)8(10)11/h3-4,8H,2,5H2,1H3. The van der Waals surface area contributed by atoms with E-state index >= 15 is 0 Å². The molecule has 0 fully saturated rings. The van der Waals surface area contributed by atoms with Crippen molar-refractivity contribution >= 4 is 5.78 Å². The number of halogens is 4. The summed E-state index contributed by atoms with van der Waals surface area (Å²) in [5.74, 6) is -6.56. The van der Waals surface area contributed by atoms with Gasteiger partial charge >= 0.3 is 12.3 Å². The van der Waals surface area contributed by atoms with E-state index in [0.29, 0.717) is 6.42 Å². The first kappa shape index (κ1) is 12.7. The van der Waals surface area contributed by atoms with E-state index in [2.05, 4.69) is 5.10 Å². The lowest BCUT2D eigenvalue weighted by molar-refractivity contribution is -0.0962. The lowest BCUT2D eigenvalue weighted by atomic mass is 10.1. The third kappa shape index (κ3) is 2.23. The van der Waals surface area contributed by atoms with Gasteiger partial charge in [-0.05, 0) is 12.5 Å². The summed E-state index contributed by atoms with van der Waals surface area (Å²) >= 11 is 0. The van der Waals surface area contributed by atoms with Gasteiger partial charge in [0.1, 0.15) is 5.69 Å². The van der Waals surface area contributed by atoms with Crippen LogP contribution in [0.1, 0.15) is 23.8 Å². The molecule has 1 heterocycles. The largest absolute Gasteiger partial charge is 0.370 e. The molecule has 0 saturated heterocycles. The predicted molar refractivity (Wildman–Crippen MR) is 47.8 cm³/mol. The molecule has 90 valence electrons. The Bertz CT molecular complexity index is 375. The van der Waals surface area contributed by atoms with Crippen LogP contribution in [-0.2, 0) is 6.54 Å². The van der Waals surface area contributed by atoms with Gasteiger partial charge in [-0.25, -0.2) is 8.78 Å². The van der Waals surface area contributed by atoms with Gasteiger partial charge in [-0.1, -0.05) is 6.92 Å². The molecule has 1 aromatic heterocycles. The predicted octanol–water partition coefficient (Wildman–Crippen LogP) is 2.38. The molecule has 0 N–H and O–H groups in total. The zero-order valence-corrected chi connectivity index (χ0v) is 8.46. The first-order valence-corrected chi connectivity index (χ1v) is 4.63. The second kappa shape index (κ2) is 4.63. The van der Waals surface area contributed by atoms with Crippen LogP contribution < -0.4 is 0 Å². The Kier molecular flexibility index (Phi) is 3.66. The van der Waals surface area contributed by atoms with Gasteiger partial charge in [0.05, 0.1) is 0 Å². The molecule has 0 amide bonds. The van der Waals surface area contributed by atoms with Gasteiger partial charge in [0, 0.05) is 12.7 Å². The second-order valence-corrected chi connectivity index (χ2v) is 3.19. The molecule has 0 bridgehead atoms. The molecule has 0 unspecified atom stereocenters. The third-order valence-corrected chi connectivity index (χ3v) is 1.96. The van der Waals surface area contributed by atoms with Crippen LogP contribution in [-0.4, -0.2) is 27.9 Å². The van der Waals surface area contributed by atoms with Gasteiger partial charge in [-0.2, -0.15) is 13.9 Å². The lowest BCUT2D eigenvalue weighted by Crippen LogP contribution is -2.37. The SMILES string of the molecule is CCCn1nccc1C(=O)C(F)(F)C(F)F. The minimum Gasteiger partial charge on any atom is -0.285 e. The van der Waals surface area contributed by atoms with E-state index in [1.54, 1.807) is 6.92 Å². The van der Waals surface area contributed by atoms with Gasteiger partial charge in [-0.3, -0.25) is 9.48 Å². The molecule has 0 radical (unpaired) electrons. The molecular weight excluding hydrogens is 228 g/mol. The van der Waals surface area contributed by atoms with Crippen LogP contribution in [0.3, 0.4) is 0 Å². The molecule has 7 heteroatoms. The number of hydrogen-bond acceptors (Lipinski definition) is 2. The van der Waals surface area contributed by atoms with Crippen molar-refractivity contribution in [2.24, 2.45) is 0 Å². The highest BCUT2D eigenvalue weighted by Crippen LogP contribution is 2.27. The average Bonchev–Trinajstić information content (AvgIpc) is 2.65. The van der Waals surface area contributed by atoms with Crippen molar-refractivity contribution in [3.8, 4) is 0 Å². The third-order valence-electron chi connectivity index (χ3n) is 1.96. The fourth-order valence-electron chi connectivity index (χ4n) is 1.19. The van der Waals surface area contributed by atoms with Gasteiger partial charge in [-0.15, -0.1) is 0 Å². The summed E-state index contributed by atoms with van der Waals surface area (Å²) < 4.78 is 50.5. The smallest absolute Gasteiger partial charge is 0.285 e. The first-order chi connectivity index (χ1) is 7.41. The number of carbonyl (C=O) groups is 1. The van der Waals surface area contributed by atoms with E-state index in [0.717, 1.165) is 16.9 Å². The lowest BCUT2D eigenvalue weighted by Gasteiger charge is -2.14. The highest BCUT2D eigenvalue weighted by molar-refractivity contribution is 6.00. The number of nitrogens with zero attached hydrogens (tertiary/aromatic N) is 2. The zero-order valence-electron chi connectivity index (χ0n) is 8.46. The van der Waals surface area contributed by atoms with Crippen LogP contribution in [0.2, 0.25) is 0 Å². The Hall–Kier alpha value is -1.40. The van der Waals surface area contributed by atoms with E-state index in [4.69, 9.17) is 0 Å². The first-order valence-electron chi connectivity index (χ1n) is 4.63.